The number of nitrogens with zero attached hydrogens (tertiary/aromatic N) is 2. The van der Waals surface area contributed by atoms with Gasteiger partial charge in [-0.2, -0.15) is 5.26 Å². The van der Waals surface area contributed by atoms with Gasteiger partial charge in [0.1, 0.15) is 17.4 Å². The molecule has 18 heavy (non-hydrogen) atoms. The summed E-state index contributed by atoms with van der Waals surface area (Å²) in [6.45, 7) is 8.77. The van der Waals surface area contributed by atoms with E-state index in [4.69, 9.17) is 14.7 Å². The normalized spacial score (nSPS) is 24.5. The van der Waals surface area contributed by atoms with Crippen LogP contribution >= 0.6 is 0 Å². The van der Waals surface area contributed by atoms with Crippen molar-refractivity contribution in [2.75, 3.05) is 6.61 Å². The highest BCUT2D eigenvalue weighted by Crippen LogP contribution is 2.30. The maximum Gasteiger partial charge on any atom is 0.413 e. The lowest BCUT2D eigenvalue weighted by Crippen LogP contribution is -2.53. The Kier molecular flexibility index (Phi) is 3.89. The van der Waals surface area contributed by atoms with Crippen LogP contribution in [0.25, 0.3) is 0 Å². The maximum absolute atomic E-state index is 12.1. The van der Waals surface area contributed by atoms with Gasteiger partial charge >= 0.3 is 6.09 Å². The summed E-state index contributed by atoms with van der Waals surface area (Å²) in [5.74, 6) is 0. The predicted octanol–water partition coefficient (Wildman–Crippen LogP) is 1.24. The fraction of sp³-hybridized carbons (Fsp3) is 0.833. The maximum atomic E-state index is 12.1. The molecule has 6 heteroatoms. The number of amides is 1. The van der Waals surface area contributed by atoms with Crippen LogP contribution in [0.5, 0.6) is 0 Å². The smallest absolute Gasteiger partial charge is 0.413 e. The van der Waals surface area contributed by atoms with Crippen LogP contribution in [0.2, 0.25) is 0 Å². The fourth-order valence-electron chi connectivity index (χ4n) is 1.82. The number of hydrogen-bond acceptors (Lipinski definition) is 5. The molecule has 102 valence electrons. The van der Waals surface area contributed by atoms with Gasteiger partial charge in [-0.25, -0.2) is 4.79 Å². The third-order valence-corrected chi connectivity index (χ3v) is 2.61. The Morgan fingerprint density at radius 1 is 1.61 bits per heavy atom. The van der Waals surface area contributed by atoms with Crippen molar-refractivity contribution < 1.29 is 19.4 Å². The van der Waals surface area contributed by atoms with Crippen molar-refractivity contribution in [1.82, 2.24) is 4.90 Å². The number of carbonyl (C=O) groups is 1. The third-order valence-electron chi connectivity index (χ3n) is 2.61. The van der Waals surface area contributed by atoms with E-state index in [1.165, 1.54) is 4.90 Å². The zero-order valence-electron chi connectivity index (χ0n) is 11.4. The molecular weight excluding hydrogens is 236 g/mol. The van der Waals surface area contributed by atoms with E-state index in [1.807, 2.05) is 0 Å². The summed E-state index contributed by atoms with van der Waals surface area (Å²) in [5.41, 5.74) is -1.54. The van der Waals surface area contributed by atoms with Gasteiger partial charge in [0.2, 0.25) is 0 Å². The Balaban J connectivity index is 2.93. The lowest BCUT2D eigenvalue weighted by molar-refractivity contribution is -0.0658. The van der Waals surface area contributed by atoms with E-state index >= 15 is 0 Å². The number of carbonyl (C=O) groups excluding carboxylic acids is 1. The summed E-state index contributed by atoms with van der Waals surface area (Å²) in [5, 5.41) is 18.4. The zero-order valence-corrected chi connectivity index (χ0v) is 11.4. The van der Waals surface area contributed by atoms with Crippen LogP contribution in [0.3, 0.4) is 0 Å². The molecule has 0 aromatic carbocycles. The van der Waals surface area contributed by atoms with Crippen LogP contribution in [-0.4, -0.2) is 46.2 Å². The number of ether oxygens (including phenoxy) is 2. The van der Waals surface area contributed by atoms with Crippen molar-refractivity contribution in [2.45, 2.75) is 58.1 Å². The van der Waals surface area contributed by atoms with Crippen molar-refractivity contribution in [2.24, 2.45) is 0 Å². The second-order valence-electron chi connectivity index (χ2n) is 5.75. The lowest BCUT2D eigenvalue weighted by Gasteiger charge is -2.35. The van der Waals surface area contributed by atoms with Gasteiger partial charge in [0, 0.05) is 0 Å². The van der Waals surface area contributed by atoms with Crippen molar-refractivity contribution in [3.05, 3.63) is 0 Å². The minimum absolute atomic E-state index is 0.112. The molecule has 0 saturated carbocycles. The molecule has 1 amide bonds. The number of nitriles is 1. The summed E-state index contributed by atoms with van der Waals surface area (Å²) >= 11 is 0. The van der Waals surface area contributed by atoms with Crippen molar-refractivity contribution in [1.29, 1.82) is 5.26 Å². The first kappa shape index (κ1) is 14.7. The molecule has 0 unspecified atom stereocenters. The predicted molar refractivity (Wildman–Crippen MR) is 63.5 cm³/mol. The topological polar surface area (TPSA) is 82.8 Å². The van der Waals surface area contributed by atoms with Gasteiger partial charge < -0.3 is 14.6 Å². The SMILES string of the molecule is CC(C)(C)OC(=O)N1[C@H]([C@@H](O)C#N)COC1(C)C. The molecule has 2 atom stereocenters. The highest BCUT2D eigenvalue weighted by Gasteiger charge is 2.48. The molecule has 0 aliphatic carbocycles. The molecule has 1 aliphatic heterocycles. The summed E-state index contributed by atoms with van der Waals surface area (Å²) in [6.07, 6.45) is -1.89. The second kappa shape index (κ2) is 4.75. The summed E-state index contributed by atoms with van der Waals surface area (Å²) < 4.78 is 10.7. The van der Waals surface area contributed by atoms with E-state index in [-0.39, 0.29) is 6.61 Å². The van der Waals surface area contributed by atoms with Gasteiger partial charge in [-0.05, 0) is 34.6 Å². The average Bonchev–Trinajstić information content (AvgIpc) is 2.50. The molecule has 1 aliphatic rings. The van der Waals surface area contributed by atoms with E-state index in [0.29, 0.717) is 0 Å². The number of aliphatic hydroxyl groups excluding tert-OH is 1. The monoisotopic (exact) mass is 256 g/mol. The number of hydrogen-bond donors (Lipinski definition) is 1. The molecule has 6 nitrogen and oxygen atoms in total. The first-order valence-corrected chi connectivity index (χ1v) is 5.82. The van der Waals surface area contributed by atoms with Crippen molar-refractivity contribution >= 4 is 6.09 Å². The molecule has 1 N–H and O–H groups in total. The van der Waals surface area contributed by atoms with Crippen LogP contribution in [0.1, 0.15) is 34.6 Å². The molecular formula is C12H20N2O4. The van der Waals surface area contributed by atoms with E-state index in [0.717, 1.165) is 0 Å². The Hall–Kier alpha value is -1.32. The number of aliphatic hydroxyl groups is 1. The molecule has 0 aromatic rings. The average molecular weight is 256 g/mol. The van der Waals surface area contributed by atoms with Crippen molar-refractivity contribution in [3.63, 3.8) is 0 Å². The minimum atomic E-state index is -1.29. The molecule has 1 saturated heterocycles. The molecule has 1 rings (SSSR count). The molecule has 1 fully saturated rings. The second-order valence-corrected chi connectivity index (χ2v) is 5.75. The van der Waals surface area contributed by atoms with E-state index in [2.05, 4.69) is 0 Å². The first-order chi connectivity index (χ1) is 8.08. The Morgan fingerprint density at radius 3 is 2.61 bits per heavy atom. The van der Waals surface area contributed by atoms with Gasteiger partial charge in [0.05, 0.1) is 12.7 Å². The van der Waals surface area contributed by atoms with Gasteiger partial charge in [-0.3, -0.25) is 4.90 Å². The van der Waals surface area contributed by atoms with E-state index in [1.54, 1.807) is 40.7 Å². The summed E-state index contributed by atoms with van der Waals surface area (Å²) in [6, 6.07) is 1.01. The summed E-state index contributed by atoms with van der Waals surface area (Å²) in [7, 11) is 0. The molecule has 1 heterocycles. The Bertz CT molecular complexity index is 367. The highest BCUT2D eigenvalue weighted by molar-refractivity contribution is 5.70. The Labute approximate surface area is 107 Å². The van der Waals surface area contributed by atoms with Gasteiger partial charge in [-0.1, -0.05) is 0 Å². The Morgan fingerprint density at radius 2 is 2.17 bits per heavy atom. The van der Waals surface area contributed by atoms with E-state index < -0.39 is 29.6 Å². The molecule has 0 radical (unpaired) electrons. The minimum Gasteiger partial charge on any atom is -0.444 e. The van der Waals surface area contributed by atoms with Gasteiger partial charge in [0.25, 0.3) is 0 Å². The third kappa shape index (κ3) is 3.12. The molecule has 0 spiro atoms. The number of rotatable bonds is 1. The quantitative estimate of drug-likeness (QED) is 0.714. The van der Waals surface area contributed by atoms with Crippen LogP contribution in [0.15, 0.2) is 0 Å². The van der Waals surface area contributed by atoms with Crippen LogP contribution in [-0.2, 0) is 9.47 Å². The first-order valence-electron chi connectivity index (χ1n) is 5.82. The molecule has 0 aromatic heterocycles. The molecule has 0 bridgehead atoms. The lowest BCUT2D eigenvalue weighted by atomic mass is 10.1. The highest BCUT2D eigenvalue weighted by atomic mass is 16.6. The van der Waals surface area contributed by atoms with Crippen molar-refractivity contribution in [3.8, 4) is 6.07 Å². The van der Waals surface area contributed by atoms with Crippen LogP contribution in [0.4, 0.5) is 4.79 Å². The summed E-state index contributed by atoms with van der Waals surface area (Å²) in [4.78, 5) is 13.4. The largest absolute Gasteiger partial charge is 0.444 e. The van der Waals surface area contributed by atoms with Crippen LogP contribution < -0.4 is 0 Å². The van der Waals surface area contributed by atoms with Gasteiger partial charge in [-0.15, -0.1) is 0 Å². The van der Waals surface area contributed by atoms with Gasteiger partial charge in [0.15, 0.2) is 6.10 Å². The van der Waals surface area contributed by atoms with Crippen LogP contribution in [0, 0.1) is 11.3 Å². The zero-order chi connectivity index (χ0) is 14.1. The van der Waals surface area contributed by atoms with E-state index in [9.17, 15) is 9.90 Å². The fourth-order valence-corrected chi connectivity index (χ4v) is 1.82. The standard InChI is InChI=1S/C12H20N2O4/c1-11(2,3)18-10(16)14-8(9(15)6-13)7-17-12(14,4)5/h8-9,15H,7H2,1-5H3/t8-,9-/m0/s1.